The van der Waals surface area contributed by atoms with Crippen LogP contribution in [0.1, 0.15) is 20.8 Å². The van der Waals surface area contributed by atoms with Crippen molar-refractivity contribution in [1.29, 1.82) is 0 Å². The molecule has 0 saturated heterocycles. The van der Waals surface area contributed by atoms with Crippen LogP contribution in [0.4, 0.5) is 16.2 Å². The largest absolute Gasteiger partial charge is 0.451 e. The number of benzene rings is 1. The van der Waals surface area contributed by atoms with E-state index >= 15 is 0 Å². The van der Waals surface area contributed by atoms with Crippen molar-refractivity contribution < 1.29 is 19.1 Å². The van der Waals surface area contributed by atoms with Crippen LogP contribution in [0, 0.1) is 5.92 Å². The molecule has 1 aromatic heterocycles. The molecule has 2 atom stereocenters. The molecule has 29 heavy (non-hydrogen) atoms. The Kier molecular flexibility index (Phi) is 7.97. The number of aromatic nitrogens is 1. The third-order valence-electron chi connectivity index (χ3n) is 3.92. The molecule has 1 heterocycles. The topological polar surface area (TPSA) is 109 Å². The fourth-order valence-corrected chi connectivity index (χ4v) is 2.51. The van der Waals surface area contributed by atoms with E-state index in [9.17, 15) is 14.4 Å². The van der Waals surface area contributed by atoms with E-state index in [2.05, 4.69) is 20.9 Å². The molecule has 9 heteroatoms. The first-order valence-corrected chi connectivity index (χ1v) is 9.40. The Balaban J connectivity index is 1.94. The molecular weight excluding hydrogens is 396 g/mol. The molecule has 2 rings (SSSR count). The summed E-state index contributed by atoms with van der Waals surface area (Å²) in [6.45, 7) is 4.95. The van der Waals surface area contributed by atoms with Gasteiger partial charge in [0.05, 0.1) is 5.69 Å². The number of pyridine rings is 1. The molecule has 3 amide bonds. The van der Waals surface area contributed by atoms with Gasteiger partial charge in [0.1, 0.15) is 6.04 Å². The van der Waals surface area contributed by atoms with Gasteiger partial charge in [0.2, 0.25) is 0 Å². The van der Waals surface area contributed by atoms with Gasteiger partial charge in [0.25, 0.3) is 5.91 Å². The molecule has 0 unspecified atom stereocenters. The van der Waals surface area contributed by atoms with Crippen LogP contribution in [0.3, 0.4) is 0 Å². The van der Waals surface area contributed by atoms with Gasteiger partial charge in [-0.3, -0.25) is 4.79 Å². The van der Waals surface area contributed by atoms with Crippen LogP contribution in [0.5, 0.6) is 0 Å². The van der Waals surface area contributed by atoms with Crippen LogP contribution in [0.15, 0.2) is 48.7 Å². The predicted octanol–water partition coefficient (Wildman–Crippen LogP) is 3.45. The zero-order valence-electron chi connectivity index (χ0n) is 16.3. The Labute approximate surface area is 174 Å². The summed E-state index contributed by atoms with van der Waals surface area (Å²) in [6, 6.07) is 10.5. The molecule has 2 aromatic rings. The second kappa shape index (κ2) is 10.4. The Morgan fingerprint density at radius 1 is 1.00 bits per heavy atom. The second-order valence-electron chi connectivity index (χ2n) is 6.60. The minimum absolute atomic E-state index is 0.124. The van der Waals surface area contributed by atoms with Crippen molar-refractivity contribution in [1.82, 2.24) is 10.3 Å². The molecule has 0 saturated carbocycles. The third kappa shape index (κ3) is 6.76. The molecule has 154 valence electrons. The number of ether oxygens (including phenoxy) is 1. The number of carbonyl (C=O) groups excluding carboxylic acids is 3. The van der Waals surface area contributed by atoms with E-state index in [0.29, 0.717) is 11.4 Å². The van der Waals surface area contributed by atoms with Crippen LogP contribution >= 0.6 is 11.6 Å². The molecule has 0 aliphatic heterocycles. The summed E-state index contributed by atoms with van der Waals surface area (Å²) in [4.78, 5) is 40.9. The maximum atomic E-state index is 12.5. The van der Waals surface area contributed by atoms with E-state index in [1.165, 1.54) is 13.1 Å². The van der Waals surface area contributed by atoms with Crippen LogP contribution in [-0.4, -0.2) is 35.0 Å². The van der Waals surface area contributed by atoms with Crippen LogP contribution < -0.4 is 16.0 Å². The van der Waals surface area contributed by atoms with E-state index in [1.807, 2.05) is 6.07 Å². The average molecular weight is 419 g/mol. The van der Waals surface area contributed by atoms with Crippen molar-refractivity contribution in [2.45, 2.75) is 32.9 Å². The normalized spacial score (nSPS) is 12.6. The van der Waals surface area contributed by atoms with Gasteiger partial charge in [-0.1, -0.05) is 43.6 Å². The van der Waals surface area contributed by atoms with E-state index in [0.717, 1.165) is 0 Å². The minimum atomic E-state index is -1.10. The number of urea groups is 1. The number of hydrogen-bond donors (Lipinski definition) is 3. The van der Waals surface area contributed by atoms with Crippen LogP contribution in [-0.2, 0) is 14.3 Å². The first-order chi connectivity index (χ1) is 13.8. The van der Waals surface area contributed by atoms with E-state index in [1.54, 1.807) is 50.2 Å². The SMILES string of the molecule is CC(C)[C@@H](NC(=O)Nc1ccccc1)C(=O)O[C@@H](C)C(=O)Nc1cccnc1Cl. The Bertz CT molecular complexity index is 861. The number of rotatable bonds is 7. The highest BCUT2D eigenvalue weighted by molar-refractivity contribution is 6.32. The van der Waals surface area contributed by atoms with Gasteiger partial charge in [-0.15, -0.1) is 0 Å². The smallest absolute Gasteiger partial charge is 0.329 e. The maximum Gasteiger partial charge on any atom is 0.329 e. The minimum Gasteiger partial charge on any atom is -0.451 e. The standard InChI is InChI=1S/C20H23ClN4O4/c1-12(2)16(25-20(28)23-14-8-5-4-6-9-14)19(27)29-13(3)18(26)24-15-10-7-11-22-17(15)21/h4-13,16H,1-3H3,(H,24,26)(H2,23,25,28)/t13-,16+/m0/s1. The lowest BCUT2D eigenvalue weighted by Crippen LogP contribution is -2.48. The van der Waals surface area contributed by atoms with Crippen molar-refractivity contribution in [2.75, 3.05) is 10.6 Å². The van der Waals surface area contributed by atoms with Gasteiger partial charge in [0.15, 0.2) is 11.3 Å². The van der Waals surface area contributed by atoms with Gasteiger partial charge >= 0.3 is 12.0 Å². The Hall–Kier alpha value is -3.13. The number of para-hydroxylation sites is 1. The van der Waals surface area contributed by atoms with E-state index in [-0.39, 0.29) is 11.1 Å². The molecule has 0 aliphatic rings. The monoisotopic (exact) mass is 418 g/mol. The second-order valence-corrected chi connectivity index (χ2v) is 6.95. The molecule has 0 bridgehead atoms. The number of carbonyl (C=O) groups is 3. The molecule has 0 radical (unpaired) electrons. The Morgan fingerprint density at radius 2 is 1.69 bits per heavy atom. The quantitative estimate of drug-likeness (QED) is 0.471. The summed E-state index contributed by atoms with van der Waals surface area (Å²) in [5, 5.41) is 7.89. The fourth-order valence-electron chi connectivity index (χ4n) is 2.34. The molecule has 8 nitrogen and oxygen atoms in total. The summed E-state index contributed by atoms with van der Waals surface area (Å²) >= 11 is 5.91. The first-order valence-electron chi connectivity index (χ1n) is 9.02. The number of esters is 1. The number of amides is 3. The molecule has 0 fully saturated rings. The van der Waals surface area contributed by atoms with Gasteiger partial charge in [0, 0.05) is 11.9 Å². The van der Waals surface area contributed by atoms with Crippen molar-refractivity contribution in [3.05, 3.63) is 53.8 Å². The third-order valence-corrected chi connectivity index (χ3v) is 4.22. The number of hydrogen-bond acceptors (Lipinski definition) is 5. The lowest BCUT2D eigenvalue weighted by molar-refractivity contribution is -0.156. The van der Waals surface area contributed by atoms with E-state index < -0.39 is 30.1 Å². The highest BCUT2D eigenvalue weighted by atomic mass is 35.5. The van der Waals surface area contributed by atoms with Crippen LogP contribution in [0.25, 0.3) is 0 Å². The van der Waals surface area contributed by atoms with Crippen molar-refractivity contribution in [2.24, 2.45) is 5.92 Å². The summed E-state index contributed by atoms with van der Waals surface area (Å²) < 4.78 is 5.24. The lowest BCUT2D eigenvalue weighted by atomic mass is 10.0. The van der Waals surface area contributed by atoms with Gasteiger partial charge in [-0.05, 0) is 37.1 Å². The molecule has 0 spiro atoms. The molecule has 1 aromatic carbocycles. The molecule has 0 aliphatic carbocycles. The maximum absolute atomic E-state index is 12.5. The molecular formula is C20H23ClN4O4. The number of nitrogens with one attached hydrogen (secondary N) is 3. The van der Waals surface area contributed by atoms with Gasteiger partial charge < -0.3 is 20.7 Å². The lowest BCUT2D eigenvalue weighted by Gasteiger charge is -2.23. The predicted molar refractivity (Wildman–Crippen MR) is 111 cm³/mol. The average Bonchev–Trinajstić information content (AvgIpc) is 2.68. The fraction of sp³-hybridized carbons (Fsp3) is 0.300. The van der Waals surface area contributed by atoms with E-state index in [4.69, 9.17) is 16.3 Å². The highest BCUT2D eigenvalue weighted by Crippen LogP contribution is 2.18. The number of anilines is 2. The van der Waals surface area contributed by atoms with Crippen molar-refractivity contribution >= 4 is 40.9 Å². The summed E-state index contributed by atoms with van der Waals surface area (Å²) in [7, 11) is 0. The number of halogens is 1. The van der Waals surface area contributed by atoms with Crippen LogP contribution in [0.2, 0.25) is 5.15 Å². The zero-order chi connectivity index (χ0) is 21.4. The Morgan fingerprint density at radius 3 is 2.31 bits per heavy atom. The van der Waals surface area contributed by atoms with Gasteiger partial charge in [-0.2, -0.15) is 0 Å². The highest BCUT2D eigenvalue weighted by Gasteiger charge is 2.29. The van der Waals surface area contributed by atoms with Crippen molar-refractivity contribution in [3.63, 3.8) is 0 Å². The summed E-state index contributed by atoms with van der Waals surface area (Å²) in [5.41, 5.74) is 0.893. The van der Waals surface area contributed by atoms with Gasteiger partial charge in [-0.25, -0.2) is 14.6 Å². The molecule has 3 N–H and O–H groups in total. The summed E-state index contributed by atoms with van der Waals surface area (Å²) in [5.74, 6) is -1.54. The zero-order valence-corrected chi connectivity index (χ0v) is 17.1. The number of nitrogens with zero attached hydrogens (tertiary/aromatic N) is 1. The van der Waals surface area contributed by atoms with Crippen molar-refractivity contribution in [3.8, 4) is 0 Å². The summed E-state index contributed by atoms with van der Waals surface area (Å²) in [6.07, 6.45) is 0.389. The first kappa shape index (κ1) is 22.2.